The van der Waals surface area contributed by atoms with Crippen LogP contribution in [0.15, 0.2) is 129 Å². The Kier molecular flexibility index (Phi) is 18.4. The van der Waals surface area contributed by atoms with Crippen molar-refractivity contribution in [2.24, 2.45) is 26.4 Å². The number of nitrogens with one attached hydrogen (secondary N) is 3. The van der Waals surface area contributed by atoms with E-state index in [1.54, 1.807) is 23.2 Å². The zero-order valence-corrected chi connectivity index (χ0v) is 40.2. The lowest BCUT2D eigenvalue weighted by atomic mass is 9.78. The van der Waals surface area contributed by atoms with E-state index in [1.165, 1.54) is 57.7 Å². The van der Waals surface area contributed by atoms with E-state index in [4.69, 9.17) is 40.9 Å². The number of allylic oxidation sites excluding steroid dienone is 5. The summed E-state index contributed by atoms with van der Waals surface area (Å²) >= 11 is 6.49. The van der Waals surface area contributed by atoms with E-state index in [-0.39, 0.29) is 36.2 Å². The molecule has 2 radical (unpaired) electrons. The maximum Gasteiger partial charge on any atom is 0.255 e. The smallest absolute Gasteiger partial charge is 0.255 e. The number of hydrogen-bond acceptors (Lipinski definition) is 8. The van der Waals surface area contributed by atoms with Crippen molar-refractivity contribution in [2.75, 3.05) is 26.2 Å². The van der Waals surface area contributed by atoms with E-state index in [0.717, 1.165) is 54.7 Å². The average Bonchev–Trinajstić information content (AvgIpc) is 3.59. The molecule has 0 saturated carbocycles. The molecule has 3 aromatic rings. The quantitative estimate of drug-likeness (QED) is 0.0249. The van der Waals surface area contributed by atoms with Crippen LogP contribution in [0.1, 0.15) is 128 Å². The number of piperidine rings is 1. The normalized spacial score (nSPS) is 18.5. The number of halogens is 2. The molecule has 7 rings (SSSR count). The number of aliphatic imine (C=N–C) groups is 3. The first-order chi connectivity index (χ1) is 33.6. The van der Waals surface area contributed by atoms with E-state index >= 15 is 4.39 Å². The van der Waals surface area contributed by atoms with Crippen molar-refractivity contribution in [3.8, 4) is 11.8 Å². The van der Waals surface area contributed by atoms with E-state index in [0.29, 0.717) is 81.5 Å². The Bertz CT molecular complexity index is 2670. The maximum atomic E-state index is 15.3. The molecular formula is C55H62BClFN9O2. The second-order valence-electron chi connectivity index (χ2n) is 17.8. The summed E-state index contributed by atoms with van der Waals surface area (Å²) in [4.78, 5) is 41.2. The fourth-order valence-electron chi connectivity index (χ4n) is 9.01. The molecule has 1 aliphatic carbocycles. The predicted octanol–water partition coefficient (Wildman–Crippen LogP) is 9.34. The van der Waals surface area contributed by atoms with Crippen LogP contribution in [-0.4, -0.2) is 74.5 Å². The number of carbonyl (C=O) groups excluding carboxylic acids is 2. The predicted molar refractivity (Wildman–Crippen MR) is 280 cm³/mol. The Labute approximate surface area is 412 Å². The third-order valence-corrected chi connectivity index (χ3v) is 12.9. The summed E-state index contributed by atoms with van der Waals surface area (Å²) in [5, 5.41) is 10.2. The number of nitrogens with zero attached hydrogens (tertiary/aromatic N) is 4. The van der Waals surface area contributed by atoms with Crippen LogP contribution in [0.2, 0.25) is 5.02 Å². The Morgan fingerprint density at radius 2 is 1.70 bits per heavy atom. The molecule has 14 heteroatoms. The van der Waals surface area contributed by atoms with Crippen LogP contribution < -0.4 is 27.4 Å². The van der Waals surface area contributed by atoms with Gasteiger partial charge >= 0.3 is 0 Å². The molecule has 4 aliphatic rings. The van der Waals surface area contributed by atoms with E-state index in [9.17, 15) is 9.59 Å². The zero-order chi connectivity index (χ0) is 48.5. The molecule has 1 atom stereocenters. The summed E-state index contributed by atoms with van der Waals surface area (Å²) in [6.07, 6.45) is 20.3. The summed E-state index contributed by atoms with van der Waals surface area (Å²) in [6.45, 7) is 7.16. The van der Waals surface area contributed by atoms with Gasteiger partial charge in [0, 0.05) is 89.0 Å². The molecule has 3 aromatic carbocycles. The standard InChI is InChI=1S/C55H62BClFN9O2/c1-37-17-26-50(54(68)65-37)67-35-40-30-38(18-24-44(40)55(67)69)14-9-12-28-61-27-10-7-5-3-2-4-6-8-11-29-62-34-49(60)39-19-22-43(23-20-39)66-52-41(32-63-36-59)33-64-53(46-31-42(57)21-25-45(46)52)51-47(56)15-13-16-48(51)58/h15,18-25,30-32,34,36,50,61-62H,1-8,10-13,16-17,26-29,33,35,60H2,(H2,59,63)(H,65,68)/b41-32-,49-34-,66-52?. The zero-order valence-electron chi connectivity index (χ0n) is 39.4. The fraction of sp³-hybridized carbons (Fsp3) is 0.364. The molecule has 3 aliphatic heterocycles. The third kappa shape index (κ3) is 13.6. The molecule has 356 valence electrons. The summed E-state index contributed by atoms with van der Waals surface area (Å²) in [6, 6.07) is 18.4. The van der Waals surface area contributed by atoms with Crippen molar-refractivity contribution < 1.29 is 14.0 Å². The number of nitrogens with two attached hydrogens (primary N) is 2. The minimum atomic E-state index is -0.453. The molecule has 1 saturated heterocycles. The van der Waals surface area contributed by atoms with Crippen molar-refractivity contribution in [1.29, 1.82) is 0 Å². The van der Waals surface area contributed by atoms with Gasteiger partial charge in [0.15, 0.2) is 0 Å². The SMILES string of the molecule is [B]C1=CCCC(F)=C1C1=NC/C(=C/N=CN)C(=Nc2ccc(/C(N)=C/NCCCCCCCCCCCNCCC#Cc3ccc4c(c3)CN(C3CCC(=C)NC3=O)C4=O)cc2)c2ccc(Cl)cc21. The highest BCUT2D eigenvalue weighted by Gasteiger charge is 2.38. The van der Waals surface area contributed by atoms with Gasteiger partial charge in [-0.05, 0) is 92.2 Å². The number of benzene rings is 3. The molecule has 7 N–H and O–H groups in total. The van der Waals surface area contributed by atoms with E-state index in [1.807, 2.05) is 60.8 Å². The molecule has 2 amide bonds. The number of rotatable bonds is 20. The highest BCUT2D eigenvalue weighted by molar-refractivity contribution is 6.36. The van der Waals surface area contributed by atoms with Gasteiger partial charge in [0.05, 0.1) is 35.7 Å². The van der Waals surface area contributed by atoms with Gasteiger partial charge in [-0.1, -0.05) is 105 Å². The first-order valence-electron chi connectivity index (χ1n) is 24.2. The van der Waals surface area contributed by atoms with Gasteiger partial charge < -0.3 is 32.3 Å². The Morgan fingerprint density at radius 1 is 0.957 bits per heavy atom. The van der Waals surface area contributed by atoms with Crippen LogP contribution >= 0.6 is 11.6 Å². The van der Waals surface area contributed by atoms with Gasteiger partial charge in [0.1, 0.15) is 19.7 Å². The number of amides is 2. The minimum Gasteiger partial charge on any atom is -0.397 e. The lowest BCUT2D eigenvalue weighted by molar-refractivity contribution is -0.126. The number of hydrogen-bond donors (Lipinski definition) is 5. The van der Waals surface area contributed by atoms with Gasteiger partial charge in [-0.15, -0.1) is 0 Å². The average molecular weight is 946 g/mol. The molecule has 11 nitrogen and oxygen atoms in total. The number of carbonyl (C=O) groups is 2. The van der Waals surface area contributed by atoms with Gasteiger partial charge in [-0.3, -0.25) is 14.6 Å². The number of unbranched alkanes of at least 4 members (excludes halogenated alkanes) is 8. The summed E-state index contributed by atoms with van der Waals surface area (Å²) < 4.78 is 15.3. The van der Waals surface area contributed by atoms with Gasteiger partial charge in [0.2, 0.25) is 5.91 Å². The molecule has 0 aromatic heterocycles. The molecule has 3 heterocycles. The van der Waals surface area contributed by atoms with Crippen molar-refractivity contribution >= 4 is 60.4 Å². The summed E-state index contributed by atoms with van der Waals surface area (Å²) in [7, 11) is 6.32. The molecule has 1 fully saturated rings. The minimum absolute atomic E-state index is 0.0897. The highest BCUT2D eigenvalue weighted by atomic mass is 35.5. The van der Waals surface area contributed by atoms with E-state index < -0.39 is 6.04 Å². The molecular weight excluding hydrogens is 884 g/mol. The van der Waals surface area contributed by atoms with Crippen LogP contribution in [-0.2, 0) is 11.3 Å². The third-order valence-electron chi connectivity index (χ3n) is 12.7. The van der Waals surface area contributed by atoms with Gasteiger partial charge in [-0.25, -0.2) is 14.4 Å². The highest BCUT2D eigenvalue weighted by Crippen LogP contribution is 2.34. The summed E-state index contributed by atoms with van der Waals surface area (Å²) in [5.41, 5.74) is 21.2. The van der Waals surface area contributed by atoms with Gasteiger partial charge in [0.25, 0.3) is 5.91 Å². The van der Waals surface area contributed by atoms with Crippen molar-refractivity contribution in [3.63, 3.8) is 0 Å². The van der Waals surface area contributed by atoms with Crippen LogP contribution in [0.4, 0.5) is 10.1 Å². The fourth-order valence-corrected chi connectivity index (χ4v) is 9.18. The Balaban J connectivity index is 0.755. The van der Waals surface area contributed by atoms with Crippen molar-refractivity contribution in [3.05, 3.63) is 152 Å². The summed E-state index contributed by atoms with van der Waals surface area (Å²) in [5.74, 6) is 5.95. The van der Waals surface area contributed by atoms with Crippen LogP contribution in [0.3, 0.4) is 0 Å². The number of fused-ring (bicyclic) bond motifs is 2. The Hall–Kier alpha value is -6.49. The lowest BCUT2D eigenvalue weighted by Crippen LogP contribution is -2.49. The second-order valence-corrected chi connectivity index (χ2v) is 18.2. The first kappa shape index (κ1) is 50.4. The largest absolute Gasteiger partial charge is 0.397 e. The van der Waals surface area contributed by atoms with Crippen LogP contribution in [0, 0.1) is 11.8 Å². The van der Waals surface area contributed by atoms with Gasteiger partial charge in [-0.2, -0.15) is 0 Å². The monoisotopic (exact) mass is 945 g/mol. The topological polar surface area (TPSA) is 163 Å². The molecule has 0 bridgehead atoms. The molecule has 69 heavy (non-hydrogen) atoms. The van der Waals surface area contributed by atoms with Crippen molar-refractivity contribution in [2.45, 2.75) is 102 Å². The first-order valence-corrected chi connectivity index (χ1v) is 24.6. The Morgan fingerprint density at radius 3 is 2.43 bits per heavy atom. The van der Waals surface area contributed by atoms with E-state index in [2.05, 4.69) is 39.4 Å². The van der Waals surface area contributed by atoms with Crippen LogP contribution in [0.5, 0.6) is 0 Å². The molecule has 0 spiro atoms. The molecule has 1 unspecified atom stereocenters. The second kappa shape index (κ2) is 25.2. The van der Waals surface area contributed by atoms with Crippen LogP contribution in [0.25, 0.3) is 5.70 Å². The van der Waals surface area contributed by atoms with Crippen molar-refractivity contribution in [1.82, 2.24) is 20.9 Å². The lowest BCUT2D eigenvalue weighted by Gasteiger charge is -2.30. The maximum absolute atomic E-state index is 15.3.